The molecule has 2 heterocycles. The van der Waals surface area contributed by atoms with Gasteiger partial charge in [0.1, 0.15) is 11.1 Å². The molecule has 142 valence electrons. The molecule has 5 rings (SSSR count). The van der Waals surface area contributed by atoms with E-state index in [-0.39, 0.29) is 11.2 Å². The fraction of sp³-hybridized carbons (Fsp3) is 0.571. The summed E-state index contributed by atoms with van der Waals surface area (Å²) in [6.45, 7) is 1.76. The van der Waals surface area contributed by atoms with Crippen LogP contribution in [0.25, 0.3) is 0 Å². The third-order valence-corrected chi connectivity index (χ3v) is 6.96. The number of aromatic nitrogens is 3. The summed E-state index contributed by atoms with van der Waals surface area (Å²) in [6, 6.07) is 10.7. The van der Waals surface area contributed by atoms with Crippen molar-refractivity contribution in [2.75, 3.05) is 13.1 Å². The van der Waals surface area contributed by atoms with Crippen LogP contribution in [-0.4, -0.2) is 38.7 Å². The summed E-state index contributed by atoms with van der Waals surface area (Å²) in [7, 11) is 0. The van der Waals surface area contributed by atoms with Crippen molar-refractivity contribution in [1.29, 1.82) is 0 Å². The van der Waals surface area contributed by atoms with Crippen molar-refractivity contribution >= 4 is 17.7 Å². The standard InChI is InChI=1S/C21H26N4OS/c26-20(24-13-5-2-6-14-24)18(15-7-3-1-4-8-15)27-21-23-22-19(16-9-10-16)25(21)17-11-12-17/h1,3-4,7-8,16-18H,2,5-6,9-14H2. The number of hydrogen-bond acceptors (Lipinski definition) is 4. The minimum atomic E-state index is -0.238. The molecule has 6 heteroatoms. The van der Waals surface area contributed by atoms with Crippen molar-refractivity contribution in [1.82, 2.24) is 19.7 Å². The Morgan fingerprint density at radius 2 is 1.74 bits per heavy atom. The summed E-state index contributed by atoms with van der Waals surface area (Å²) in [5, 5.41) is 9.75. The SMILES string of the molecule is O=C(C(Sc1nnc(C2CC2)n1C1CC1)c1ccccc1)N1CCCCC1. The van der Waals surface area contributed by atoms with E-state index >= 15 is 0 Å². The minimum absolute atomic E-state index is 0.226. The van der Waals surface area contributed by atoms with Crippen molar-refractivity contribution in [3.8, 4) is 0 Å². The zero-order chi connectivity index (χ0) is 18.2. The van der Waals surface area contributed by atoms with Gasteiger partial charge in [-0.3, -0.25) is 4.79 Å². The zero-order valence-corrected chi connectivity index (χ0v) is 16.4. The second-order valence-electron chi connectivity index (χ2n) is 8.01. The Hall–Kier alpha value is -1.82. The number of rotatable bonds is 6. The maximum Gasteiger partial charge on any atom is 0.240 e. The third-order valence-electron chi connectivity index (χ3n) is 5.76. The number of benzene rings is 1. The number of likely N-dealkylation sites (tertiary alicyclic amines) is 1. The smallest absolute Gasteiger partial charge is 0.240 e. The van der Waals surface area contributed by atoms with Gasteiger partial charge in [-0.1, -0.05) is 42.1 Å². The molecule has 3 fully saturated rings. The van der Waals surface area contributed by atoms with Crippen LogP contribution >= 0.6 is 11.8 Å². The van der Waals surface area contributed by atoms with Crippen LogP contribution in [0.2, 0.25) is 0 Å². The van der Waals surface area contributed by atoms with Gasteiger partial charge < -0.3 is 9.47 Å². The lowest BCUT2D eigenvalue weighted by atomic mass is 10.1. The van der Waals surface area contributed by atoms with Crippen molar-refractivity contribution in [3.05, 3.63) is 41.7 Å². The molecule has 2 aliphatic carbocycles. The van der Waals surface area contributed by atoms with Crippen LogP contribution in [0.3, 0.4) is 0 Å². The lowest BCUT2D eigenvalue weighted by Gasteiger charge is -2.30. The molecule has 0 spiro atoms. The topological polar surface area (TPSA) is 51.0 Å². The molecule has 2 saturated carbocycles. The molecule has 5 nitrogen and oxygen atoms in total. The first kappa shape index (κ1) is 17.3. The lowest BCUT2D eigenvalue weighted by molar-refractivity contribution is -0.131. The molecule has 0 bridgehead atoms. The van der Waals surface area contributed by atoms with E-state index in [4.69, 9.17) is 0 Å². The van der Waals surface area contributed by atoms with E-state index < -0.39 is 0 Å². The van der Waals surface area contributed by atoms with Gasteiger partial charge >= 0.3 is 0 Å². The van der Waals surface area contributed by atoms with Gasteiger partial charge in [0.25, 0.3) is 0 Å². The number of amides is 1. The van der Waals surface area contributed by atoms with Gasteiger partial charge in [-0.05, 0) is 50.5 Å². The molecule has 1 aromatic carbocycles. The Balaban J connectivity index is 1.45. The van der Waals surface area contributed by atoms with E-state index in [1.54, 1.807) is 11.8 Å². The van der Waals surface area contributed by atoms with Gasteiger partial charge in [0, 0.05) is 25.0 Å². The van der Waals surface area contributed by atoms with Crippen molar-refractivity contribution in [3.63, 3.8) is 0 Å². The Kier molecular flexibility index (Phi) is 4.68. The first-order chi connectivity index (χ1) is 13.3. The predicted molar refractivity (Wildman–Crippen MR) is 106 cm³/mol. The number of thioether (sulfide) groups is 1. The average Bonchev–Trinajstić information content (AvgIpc) is 3.66. The monoisotopic (exact) mass is 382 g/mol. The molecular weight excluding hydrogens is 356 g/mol. The lowest BCUT2D eigenvalue weighted by Crippen LogP contribution is -2.38. The highest BCUT2D eigenvalue weighted by molar-refractivity contribution is 8.00. The second-order valence-corrected chi connectivity index (χ2v) is 9.08. The molecule has 1 saturated heterocycles. The summed E-state index contributed by atoms with van der Waals surface area (Å²) in [5.74, 6) is 1.96. The number of carbonyl (C=O) groups is 1. The molecule has 3 aliphatic rings. The van der Waals surface area contributed by atoms with Crippen molar-refractivity contribution in [2.24, 2.45) is 0 Å². The van der Waals surface area contributed by atoms with Gasteiger partial charge in [0.15, 0.2) is 5.16 Å². The normalized spacial score (nSPS) is 21.3. The number of piperidine rings is 1. The van der Waals surface area contributed by atoms with E-state index in [2.05, 4.69) is 26.9 Å². The highest BCUT2D eigenvalue weighted by Gasteiger charge is 2.38. The molecule has 0 N–H and O–H groups in total. The van der Waals surface area contributed by atoms with Crippen LogP contribution in [-0.2, 0) is 4.79 Å². The number of nitrogens with zero attached hydrogens (tertiary/aromatic N) is 4. The highest BCUT2D eigenvalue weighted by atomic mass is 32.2. The summed E-state index contributed by atoms with van der Waals surface area (Å²) >= 11 is 1.60. The highest BCUT2D eigenvalue weighted by Crippen LogP contribution is 2.48. The molecule has 1 amide bonds. The van der Waals surface area contributed by atoms with Gasteiger partial charge in [-0.2, -0.15) is 0 Å². The van der Waals surface area contributed by atoms with Gasteiger partial charge in [-0.25, -0.2) is 0 Å². The zero-order valence-electron chi connectivity index (χ0n) is 15.6. The van der Waals surface area contributed by atoms with Crippen LogP contribution in [0.4, 0.5) is 0 Å². The van der Waals surface area contributed by atoms with Crippen molar-refractivity contribution in [2.45, 2.75) is 67.3 Å². The van der Waals surface area contributed by atoms with Crippen LogP contribution in [0.15, 0.2) is 35.5 Å². The fourth-order valence-electron chi connectivity index (χ4n) is 3.94. The molecule has 27 heavy (non-hydrogen) atoms. The predicted octanol–water partition coefficient (Wildman–Crippen LogP) is 4.34. The number of carbonyl (C=O) groups excluding carboxylic acids is 1. The van der Waals surface area contributed by atoms with Gasteiger partial charge in [0.2, 0.25) is 5.91 Å². The summed E-state index contributed by atoms with van der Waals surface area (Å²) < 4.78 is 2.35. The quantitative estimate of drug-likeness (QED) is 0.698. The third kappa shape index (κ3) is 3.64. The fourth-order valence-corrected chi connectivity index (χ4v) is 5.14. The Labute approximate surface area is 164 Å². The molecule has 2 aromatic rings. The second kappa shape index (κ2) is 7.30. The van der Waals surface area contributed by atoms with E-state index in [1.807, 2.05) is 23.1 Å². The van der Waals surface area contributed by atoms with E-state index in [9.17, 15) is 4.79 Å². The number of hydrogen-bond donors (Lipinski definition) is 0. The maximum absolute atomic E-state index is 13.4. The first-order valence-electron chi connectivity index (χ1n) is 10.3. The van der Waals surface area contributed by atoms with E-state index in [1.165, 1.54) is 32.1 Å². The maximum atomic E-state index is 13.4. The molecular formula is C21H26N4OS. The molecule has 1 aromatic heterocycles. The van der Waals surface area contributed by atoms with Gasteiger partial charge in [0.05, 0.1) is 0 Å². The largest absolute Gasteiger partial charge is 0.341 e. The molecule has 0 radical (unpaired) electrons. The Bertz CT molecular complexity index is 807. The molecule has 1 aliphatic heterocycles. The summed E-state index contributed by atoms with van der Waals surface area (Å²) in [4.78, 5) is 15.4. The first-order valence-corrected chi connectivity index (χ1v) is 11.1. The van der Waals surface area contributed by atoms with Crippen LogP contribution in [0.5, 0.6) is 0 Å². The summed E-state index contributed by atoms with van der Waals surface area (Å²) in [5.41, 5.74) is 1.07. The average molecular weight is 383 g/mol. The van der Waals surface area contributed by atoms with Crippen molar-refractivity contribution < 1.29 is 4.79 Å². The Morgan fingerprint density at radius 1 is 1.00 bits per heavy atom. The van der Waals surface area contributed by atoms with Crippen LogP contribution in [0.1, 0.15) is 73.5 Å². The Morgan fingerprint density at radius 3 is 2.41 bits per heavy atom. The molecule has 1 atom stereocenters. The summed E-state index contributed by atoms with van der Waals surface area (Å²) in [6.07, 6.45) is 8.33. The minimum Gasteiger partial charge on any atom is -0.341 e. The van der Waals surface area contributed by atoms with Gasteiger partial charge in [-0.15, -0.1) is 10.2 Å². The van der Waals surface area contributed by atoms with Crippen LogP contribution < -0.4 is 0 Å². The van der Waals surface area contributed by atoms with E-state index in [0.29, 0.717) is 12.0 Å². The molecule has 1 unspecified atom stereocenters. The van der Waals surface area contributed by atoms with Crippen LogP contribution in [0, 0.1) is 0 Å². The van der Waals surface area contributed by atoms with E-state index in [0.717, 1.165) is 42.5 Å².